The fraction of sp³-hybridized carbons (Fsp3) is 0.182. The summed E-state index contributed by atoms with van der Waals surface area (Å²) in [5.74, 6) is -0.00180. The Balaban J connectivity index is 2.39. The summed E-state index contributed by atoms with van der Waals surface area (Å²) in [7, 11) is -3.87. The molecule has 0 aliphatic heterocycles. The maximum atomic E-state index is 13.6. The first kappa shape index (κ1) is 14.0. The zero-order chi connectivity index (χ0) is 14.2. The van der Waals surface area contributed by atoms with Crippen LogP contribution in [0.2, 0.25) is 5.02 Å². The maximum absolute atomic E-state index is 13.6. The summed E-state index contributed by atoms with van der Waals surface area (Å²) in [6, 6.07) is 4.17. The molecule has 0 unspecified atom stereocenters. The van der Waals surface area contributed by atoms with Gasteiger partial charge in [-0.15, -0.1) is 0 Å². The van der Waals surface area contributed by atoms with E-state index in [0.29, 0.717) is 16.4 Å². The number of rotatable bonds is 3. The lowest BCUT2D eigenvalue weighted by molar-refractivity contribution is 0.594. The van der Waals surface area contributed by atoms with Crippen molar-refractivity contribution in [2.45, 2.75) is 18.5 Å². The van der Waals surface area contributed by atoms with Gasteiger partial charge >= 0.3 is 0 Å². The molecule has 2 rings (SSSR count). The lowest BCUT2D eigenvalue weighted by Crippen LogP contribution is -2.12. The van der Waals surface area contributed by atoms with Gasteiger partial charge in [-0.2, -0.15) is 0 Å². The first-order chi connectivity index (χ1) is 8.77. The van der Waals surface area contributed by atoms with E-state index < -0.39 is 15.8 Å². The van der Waals surface area contributed by atoms with E-state index in [1.165, 1.54) is 29.0 Å². The summed E-state index contributed by atoms with van der Waals surface area (Å²) < 4.78 is 37.4. The molecule has 0 bridgehead atoms. The third-order valence-electron chi connectivity index (χ3n) is 2.59. The van der Waals surface area contributed by atoms with Crippen molar-refractivity contribution >= 4 is 21.6 Å². The van der Waals surface area contributed by atoms with E-state index in [1.807, 2.05) is 0 Å². The fourth-order valence-corrected chi connectivity index (χ4v) is 2.35. The van der Waals surface area contributed by atoms with Gasteiger partial charge in [-0.05, 0) is 25.1 Å². The number of imidazole rings is 1. The number of nitrogens with zero attached hydrogens (tertiary/aromatic N) is 2. The van der Waals surface area contributed by atoms with Crippen molar-refractivity contribution in [1.29, 1.82) is 0 Å². The summed E-state index contributed by atoms with van der Waals surface area (Å²) in [5, 5.41) is 5.15. The fourth-order valence-electron chi connectivity index (χ4n) is 1.62. The molecular weight excluding hydrogens is 293 g/mol. The third kappa shape index (κ3) is 3.12. The number of halogens is 2. The highest BCUT2D eigenvalue weighted by molar-refractivity contribution is 7.89. The van der Waals surface area contributed by atoms with Crippen molar-refractivity contribution in [3.8, 4) is 0 Å². The lowest BCUT2D eigenvalue weighted by atomic mass is 10.2. The van der Waals surface area contributed by atoms with Crippen molar-refractivity contribution in [3.63, 3.8) is 0 Å². The first-order valence-corrected chi connectivity index (χ1v) is 7.20. The van der Waals surface area contributed by atoms with E-state index in [0.717, 1.165) is 0 Å². The molecule has 0 aliphatic carbocycles. The van der Waals surface area contributed by atoms with E-state index >= 15 is 0 Å². The van der Waals surface area contributed by atoms with Gasteiger partial charge in [-0.1, -0.05) is 11.6 Å². The molecule has 1 heterocycles. The highest BCUT2D eigenvalue weighted by Gasteiger charge is 2.15. The normalized spacial score (nSPS) is 11.8. The van der Waals surface area contributed by atoms with Crippen LogP contribution in [0.1, 0.15) is 11.4 Å². The molecule has 0 radical (unpaired) electrons. The van der Waals surface area contributed by atoms with Gasteiger partial charge < -0.3 is 4.57 Å². The standard InChI is InChI=1S/C11H11ClFN3O2S/c1-7-15-11(19(14,17)18)6-16(7)5-8-4-9(12)2-3-10(8)13/h2-4,6H,5H2,1H3,(H2,14,17,18). The highest BCUT2D eigenvalue weighted by Crippen LogP contribution is 2.17. The second-order valence-corrected chi connectivity index (χ2v) is 5.98. The van der Waals surface area contributed by atoms with E-state index in [4.69, 9.17) is 16.7 Å². The Morgan fingerprint density at radius 3 is 2.74 bits per heavy atom. The third-order valence-corrected chi connectivity index (χ3v) is 3.61. The Morgan fingerprint density at radius 2 is 2.16 bits per heavy atom. The van der Waals surface area contributed by atoms with Crippen LogP contribution in [0.3, 0.4) is 0 Å². The smallest absolute Gasteiger partial charge is 0.257 e. The van der Waals surface area contributed by atoms with Crippen molar-refractivity contribution < 1.29 is 12.8 Å². The number of nitrogens with two attached hydrogens (primary N) is 1. The van der Waals surface area contributed by atoms with Crippen LogP contribution in [-0.2, 0) is 16.6 Å². The van der Waals surface area contributed by atoms with Crippen LogP contribution >= 0.6 is 11.6 Å². The molecule has 19 heavy (non-hydrogen) atoms. The van der Waals surface area contributed by atoms with Crippen LogP contribution in [0, 0.1) is 12.7 Å². The Morgan fingerprint density at radius 1 is 1.47 bits per heavy atom. The van der Waals surface area contributed by atoms with E-state index in [1.54, 1.807) is 6.92 Å². The molecular formula is C11H11ClFN3O2S. The van der Waals surface area contributed by atoms with Crippen molar-refractivity contribution in [2.24, 2.45) is 5.14 Å². The number of primary sulfonamides is 1. The van der Waals surface area contributed by atoms with Crippen molar-refractivity contribution in [2.75, 3.05) is 0 Å². The number of hydrogen-bond donors (Lipinski definition) is 1. The zero-order valence-electron chi connectivity index (χ0n) is 9.97. The monoisotopic (exact) mass is 303 g/mol. The molecule has 0 saturated carbocycles. The Hall–Kier alpha value is -1.44. The van der Waals surface area contributed by atoms with Crippen LogP contribution in [0.25, 0.3) is 0 Å². The predicted octanol–water partition coefficient (Wildman–Crippen LogP) is 1.68. The van der Waals surface area contributed by atoms with Gasteiger partial charge in [0.1, 0.15) is 11.6 Å². The molecule has 102 valence electrons. The van der Waals surface area contributed by atoms with Gasteiger partial charge in [0.25, 0.3) is 10.0 Å². The molecule has 0 aliphatic rings. The van der Waals surface area contributed by atoms with Crippen molar-refractivity contribution in [1.82, 2.24) is 9.55 Å². The van der Waals surface area contributed by atoms with E-state index in [2.05, 4.69) is 4.98 Å². The van der Waals surface area contributed by atoms with Crippen LogP contribution in [-0.4, -0.2) is 18.0 Å². The maximum Gasteiger partial charge on any atom is 0.257 e. The van der Waals surface area contributed by atoms with Gasteiger partial charge in [0.05, 0.1) is 6.54 Å². The lowest BCUT2D eigenvalue weighted by Gasteiger charge is -2.06. The molecule has 1 aromatic carbocycles. The topological polar surface area (TPSA) is 78.0 Å². The largest absolute Gasteiger partial charge is 0.329 e. The molecule has 2 aromatic rings. The SMILES string of the molecule is Cc1nc(S(N)(=O)=O)cn1Cc1cc(Cl)ccc1F. The van der Waals surface area contributed by atoms with Gasteiger partial charge in [0.2, 0.25) is 0 Å². The summed E-state index contributed by atoms with van der Waals surface area (Å²) in [4.78, 5) is 3.82. The van der Waals surface area contributed by atoms with Gasteiger partial charge in [-0.3, -0.25) is 0 Å². The summed E-state index contributed by atoms with van der Waals surface area (Å²) in [6.07, 6.45) is 1.27. The average Bonchev–Trinajstić information content (AvgIpc) is 2.65. The van der Waals surface area contributed by atoms with Crippen molar-refractivity contribution in [3.05, 3.63) is 46.6 Å². The number of benzene rings is 1. The molecule has 0 amide bonds. The molecule has 0 spiro atoms. The molecule has 1 aromatic heterocycles. The first-order valence-electron chi connectivity index (χ1n) is 5.28. The summed E-state index contributed by atoms with van der Waals surface area (Å²) in [5.41, 5.74) is 0.342. The Labute approximate surface area is 114 Å². The molecule has 5 nitrogen and oxygen atoms in total. The van der Waals surface area contributed by atoms with E-state index in [-0.39, 0.29) is 11.6 Å². The molecule has 8 heteroatoms. The van der Waals surface area contributed by atoms with Crippen LogP contribution in [0.5, 0.6) is 0 Å². The average molecular weight is 304 g/mol. The second kappa shape index (κ2) is 4.92. The molecule has 2 N–H and O–H groups in total. The van der Waals surface area contributed by atoms with E-state index in [9.17, 15) is 12.8 Å². The summed E-state index contributed by atoms with van der Waals surface area (Å²) in [6.45, 7) is 1.73. The number of aromatic nitrogens is 2. The quantitative estimate of drug-likeness (QED) is 0.937. The Kier molecular flexibility index (Phi) is 3.62. The number of sulfonamides is 1. The van der Waals surface area contributed by atoms with Crippen LogP contribution in [0.15, 0.2) is 29.4 Å². The molecule has 0 fully saturated rings. The van der Waals surface area contributed by atoms with Crippen LogP contribution in [0.4, 0.5) is 4.39 Å². The second-order valence-electron chi connectivity index (χ2n) is 4.03. The predicted molar refractivity (Wildman–Crippen MR) is 68.8 cm³/mol. The minimum Gasteiger partial charge on any atom is -0.329 e. The highest BCUT2D eigenvalue weighted by atomic mass is 35.5. The zero-order valence-corrected chi connectivity index (χ0v) is 11.5. The number of hydrogen-bond acceptors (Lipinski definition) is 3. The molecule has 0 atom stereocenters. The minimum absolute atomic E-state index is 0.126. The van der Waals surface area contributed by atoms with Crippen LogP contribution < -0.4 is 5.14 Å². The molecule has 0 saturated heterocycles. The minimum atomic E-state index is -3.87. The number of aryl methyl sites for hydroxylation is 1. The Bertz CT molecular complexity index is 728. The van der Waals surface area contributed by atoms with Gasteiger partial charge in [-0.25, -0.2) is 22.9 Å². The summed E-state index contributed by atoms with van der Waals surface area (Å²) >= 11 is 5.79. The van der Waals surface area contributed by atoms with Gasteiger partial charge in [0, 0.05) is 16.8 Å². The van der Waals surface area contributed by atoms with Gasteiger partial charge in [0.15, 0.2) is 5.03 Å².